The van der Waals surface area contributed by atoms with Gasteiger partial charge >= 0.3 is 6.09 Å². The normalized spacial score (nSPS) is 11.7. The zero-order valence-electron chi connectivity index (χ0n) is 9.33. The lowest BCUT2D eigenvalue weighted by Crippen LogP contribution is -2.20. The maximum atomic E-state index is 11.2. The molecule has 2 rings (SSSR count). The molecule has 0 saturated heterocycles. The lowest BCUT2D eigenvalue weighted by molar-refractivity contribution is 0.154. The summed E-state index contributed by atoms with van der Waals surface area (Å²) < 4.78 is 5.49. The summed E-state index contributed by atoms with van der Waals surface area (Å²) in [4.78, 5) is 14.8. The van der Waals surface area contributed by atoms with Crippen LogP contribution in [0.5, 0.6) is 0 Å². The van der Waals surface area contributed by atoms with Gasteiger partial charge in [0.25, 0.3) is 0 Å². The fourth-order valence-electron chi connectivity index (χ4n) is 1.50. The Labute approximate surface area is 97.6 Å². The van der Waals surface area contributed by atoms with E-state index in [1.165, 1.54) is 6.20 Å². The fraction of sp³-hybridized carbons (Fsp3) is 0.167. The highest BCUT2D eigenvalue weighted by Crippen LogP contribution is 2.09. The van der Waals surface area contributed by atoms with Gasteiger partial charge in [-0.3, -0.25) is 0 Å². The topological polar surface area (TPSA) is 63.8 Å². The van der Waals surface area contributed by atoms with Crippen molar-refractivity contribution in [3.05, 3.63) is 42.0 Å². The standard InChI is InChI=1S/C12H12N2O3/c1-2-17-12(15)13-11-7-9-5-3-4-6-10(9)8-14(11)16/h3-8,16H,2H2,1H3. The Morgan fingerprint density at radius 3 is 2.82 bits per heavy atom. The average molecular weight is 232 g/mol. The predicted octanol–water partition coefficient (Wildman–Crippen LogP) is 1.94. The van der Waals surface area contributed by atoms with Crippen molar-refractivity contribution in [1.82, 2.24) is 4.73 Å². The highest BCUT2D eigenvalue weighted by molar-refractivity contribution is 5.81. The van der Waals surface area contributed by atoms with Gasteiger partial charge in [-0.05, 0) is 18.4 Å². The molecule has 0 atom stereocenters. The van der Waals surface area contributed by atoms with E-state index in [0.717, 1.165) is 15.5 Å². The summed E-state index contributed by atoms with van der Waals surface area (Å²) in [6.45, 7) is 1.95. The molecule has 1 aromatic carbocycles. The second-order valence-corrected chi connectivity index (χ2v) is 3.42. The molecular weight excluding hydrogens is 220 g/mol. The Morgan fingerprint density at radius 1 is 1.41 bits per heavy atom. The number of hydrogen-bond acceptors (Lipinski definition) is 3. The third-order valence-corrected chi connectivity index (χ3v) is 2.25. The van der Waals surface area contributed by atoms with Crippen molar-refractivity contribution in [2.24, 2.45) is 4.99 Å². The van der Waals surface area contributed by atoms with Crippen LogP contribution < -0.4 is 5.49 Å². The highest BCUT2D eigenvalue weighted by Gasteiger charge is 2.00. The van der Waals surface area contributed by atoms with Crippen LogP contribution in [-0.4, -0.2) is 22.6 Å². The summed E-state index contributed by atoms with van der Waals surface area (Å²) in [6.07, 6.45) is 0.776. The van der Waals surface area contributed by atoms with Crippen molar-refractivity contribution in [1.29, 1.82) is 0 Å². The lowest BCUT2D eigenvalue weighted by atomic mass is 10.2. The molecule has 2 aromatic rings. The summed E-state index contributed by atoms with van der Waals surface area (Å²) in [6, 6.07) is 9.09. The third-order valence-electron chi connectivity index (χ3n) is 2.25. The predicted molar refractivity (Wildman–Crippen MR) is 61.7 cm³/mol. The highest BCUT2D eigenvalue weighted by atomic mass is 16.5. The van der Waals surface area contributed by atoms with Gasteiger partial charge in [-0.15, -0.1) is 0 Å². The van der Waals surface area contributed by atoms with Crippen molar-refractivity contribution in [2.75, 3.05) is 6.61 Å². The Morgan fingerprint density at radius 2 is 2.12 bits per heavy atom. The van der Waals surface area contributed by atoms with Crippen LogP contribution >= 0.6 is 0 Å². The molecule has 1 N–H and O–H groups in total. The van der Waals surface area contributed by atoms with E-state index in [9.17, 15) is 10.0 Å². The first kappa shape index (κ1) is 11.2. The molecule has 0 aliphatic heterocycles. The molecule has 17 heavy (non-hydrogen) atoms. The number of fused-ring (bicyclic) bond motifs is 1. The zero-order valence-corrected chi connectivity index (χ0v) is 9.33. The minimum Gasteiger partial charge on any atom is -0.448 e. The number of benzene rings is 1. The quantitative estimate of drug-likeness (QED) is 0.764. The molecule has 0 aliphatic rings. The van der Waals surface area contributed by atoms with Crippen molar-refractivity contribution >= 4 is 16.9 Å². The molecule has 5 heteroatoms. The monoisotopic (exact) mass is 232 g/mol. The average Bonchev–Trinajstić information content (AvgIpc) is 2.30. The molecule has 0 aliphatic carbocycles. The van der Waals surface area contributed by atoms with Crippen LogP contribution in [0.1, 0.15) is 6.92 Å². The first-order valence-electron chi connectivity index (χ1n) is 5.23. The van der Waals surface area contributed by atoms with E-state index < -0.39 is 6.09 Å². The van der Waals surface area contributed by atoms with E-state index in [0.29, 0.717) is 0 Å². The molecule has 0 saturated carbocycles. The van der Waals surface area contributed by atoms with Crippen molar-refractivity contribution in [3.63, 3.8) is 0 Å². The number of ether oxygens (including phenoxy) is 1. The van der Waals surface area contributed by atoms with Gasteiger partial charge in [0.05, 0.1) is 12.8 Å². The summed E-state index contributed by atoms with van der Waals surface area (Å²) in [5, 5.41) is 11.4. The lowest BCUT2D eigenvalue weighted by Gasteiger charge is -2.02. The fourth-order valence-corrected chi connectivity index (χ4v) is 1.50. The molecular formula is C12H12N2O3. The second-order valence-electron chi connectivity index (χ2n) is 3.42. The molecule has 88 valence electrons. The van der Waals surface area contributed by atoms with Crippen LogP contribution in [-0.2, 0) is 4.74 Å². The van der Waals surface area contributed by atoms with Gasteiger partial charge < -0.3 is 9.94 Å². The van der Waals surface area contributed by atoms with E-state index in [-0.39, 0.29) is 12.1 Å². The number of amides is 1. The van der Waals surface area contributed by atoms with Gasteiger partial charge in [0.2, 0.25) is 0 Å². The van der Waals surface area contributed by atoms with Gasteiger partial charge in [-0.25, -0.2) is 4.79 Å². The number of nitrogens with zero attached hydrogens (tertiary/aromatic N) is 2. The molecule has 0 fully saturated rings. The second kappa shape index (κ2) is 4.69. The van der Waals surface area contributed by atoms with E-state index in [1.54, 1.807) is 13.0 Å². The number of carbonyl (C=O) groups is 1. The molecule has 0 bridgehead atoms. The van der Waals surface area contributed by atoms with Crippen LogP contribution in [0.4, 0.5) is 4.79 Å². The molecule has 1 amide bonds. The zero-order chi connectivity index (χ0) is 12.3. The number of carbonyl (C=O) groups excluding carboxylic acids is 1. The Balaban J connectivity index is 2.54. The number of pyridine rings is 1. The SMILES string of the molecule is CCOC(=O)N=c1cc2ccccc2cn1O. The van der Waals surface area contributed by atoms with E-state index in [1.807, 2.05) is 24.3 Å². The van der Waals surface area contributed by atoms with Gasteiger partial charge in [-0.1, -0.05) is 24.3 Å². The summed E-state index contributed by atoms with van der Waals surface area (Å²) >= 11 is 0. The number of hydrogen-bond donors (Lipinski definition) is 1. The van der Waals surface area contributed by atoms with Crippen LogP contribution in [0.2, 0.25) is 0 Å². The molecule has 5 nitrogen and oxygen atoms in total. The van der Waals surface area contributed by atoms with Crippen molar-refractivity contribution in [3.8, 4) is 0 Å². The first-order valence-corrected chi connectivity index (χ1v) is 5.23. The van der Waals surface area contributed by atoms with Gasteiger partial charge in [0.15, 0.2) is 5.49 Å². The van der Waals surface area contributed by atoms with Gasteiger partial charge in [0.1, 0.15) is 0 Å². The van der Waals surface area contributed by atoms with Crippen molar-refractivity contribution < 1.29 is 14.7 Å². The number of aromatic nitrogens is 1. The molecule has 0 unspecified atom stereocenters. The summed E-state index contributed by atoms with van der Waals surface area (Å²) in [5.74, 6) is 0. The number of rotatable bonds is 1. The minimum absolute atomic E-state index is 0.141. The van der Waals surface area contributed by atoms with Crippen LogP contribution in [0.25, 0.3) is 10.8 Å². The molecule has 0 spiro atoms. The molecule has 1 aromatic heterocycles. The smallest absolute Gasteiger partial charge is 0.435 e. The molecule has 1 heterocycles. The van der Waals surface area contributed by atoms with Gasteiger partial charge in [-0.2, -0.15) is 9.72 Å². The molecule has 0 radical (unpaired) electrons. The van der Waals surface area contributed by atoms with E-state index in [4.69, 9.17) is 0 Å². The Hall–Kier alpha value is -2.30. The van der Waals surface area contributed by atoms with Gasteiger partial charge in [0, 0.05) is 5.39 Å². The minimum atomic E-state index is -0.717. The maximum absolute atomic E-state index is 11.2. The Bertz CT molecular complexity index is 616. The van der Waals surface area contributed by atoms with E-state index >= 15 is 0 Å². The maximum Gasteiger partial charge on any atom is 0.435 e. The summed E-state index contributed by atoms with van der Waals surface area (Å²) in [5.41, 5.74) is 0.141. The third kappa shape index (κ3) is 2.44. The van der Waals surface area contributed by atoms with E-state index in [2.05, 4.69) is 9.73 Å². The largest absolute Gasteiger partial charge is 0.448 e. The first-order chi connectivity index (χ1) is 8.20. The van der Waals surface area contributed by atoms with Crippen molar-refractivity contribution in [2.45, 2.75) is 6.92 Å². The van der Waals surface area contributed by atoms with Crippen LogP contribution in [0.15, 0.2) is 41.5 Å². The van der Waals surface area contributed by atoms with Crippen LogP contribution in [0.3, 0.4) is 0 Å². The van der Waals surface area contributed by atoms with Crippen LogP contribution in [0, 0.1) is 0 Å². The summed E-state index contributed by atoms with van der Waals surface area (Å²) in [7, 11) is 0. The Kier molecular flexibility index (Phi) is 3.09.